The van der Waals surface area contributed by atoms with Gasteiger partial charge in [-0.2, -0.15) is 0 Å². The van der Waals surface area contributed by atoms with Crippen LogP contribution in [0.1, 0.15) is 5.56 Å². The van der Waals surface area contributed by atoms with Crippen molar-refractivity contribution in [2.45, 2.75) is 6.42 Å². The van der Waals surface area contributed by atoms with Crippen molar-refractivity contribution in [2.24, 2.45) is 0 Å². The number of thiazole rings is 1. The largest absolute Gasteiger partial charge is 0.493 e. The average molecular weight is 444 g/mol. The molecule has 1 N–H and O–H groups in total. The number of carbonyl (C=O) groups excluding carboxylic acids is 1. The summed E-state index contributed by atoms with van der Waals surface area (Å²) in [4.78, 5) is 16.3. The molecule has 0 bridgehead atoms. The number of methoxy groups -OCH3 is 2. The van der Waals surface area contributed by atoms with Crippen molar-refractivity contribution in [2.75, 3.05) is 19.5 Å². The van der Waals surface area contributed by atoms with Crippen LogP contribution < -0.4 is 14.8 Å². The fourth-order valence-corrected chi connectivity index (χ4v) is 3.32. The van der Waals surface area contributed by atoms with Gasteiger partial charge in [0.2, 0.25) is 11.7 Å². The van der Waals surface area contributed by atoms with E-state index in [2.05, 4.69) is 10.3 Å². The molecule has 1 amide bonds. The zero-order chi connectivity index (χ0) is 22.0. The average Bonchev–Trinajstić information content (AvgIpc) is 3.21. The number of rotatable bonds is 6. The maximum absolute atomic E-state index is 13.7. The van der Waals surface area contributed by atoms with Gasteiger partial charge in [0.1, 0.15) is 0 Å². The third kappa shape index (κ3) is 4.06. The van der Waals surface area contributed by atoms with Gasteiger partial charge < -0.3 is 14.8 Å². The molecule has 0 aliphatic heterocycles. The monoisotopic (exact) mass is 444 g/mol. The topological polar surface area (TPSA) is 60.5 Å². The van der Waals surface area contributed by atoms with E-state index in [-0.39, 0.29) is 5.13 Å². The van der Waals surface area contributed by atoms with Crippen molar-refractivity contribution < 1.29 is 36.2 Å². The van der Waals surface area contributed by atoms with Crippen LogP contribution in [0.2, 0.25) is 0 Å². The van der Waals surface area contributed by atoms with E-state index >= 15 is 0 Å². The summed E-state index contributed by atoms with van der Waals surface area (Å²) in [5, 5.41) is 3.96. The lowest BCUT2D eigenvalue weighted by Crippen LogP contribution is -2.18. The molecule has 0 radical (unpaired) electrons. The summed E-state index contributed by atoms with van der Waals surface area (Å²) in [7, 11) is 2.95. The number of ether oxygens (including phenoxy) is 2. The summed E-state index contributed by atoms with van der Waals surface area (Å²) in [6.07, 6.45) is -1.06. The Morgan fingerprint density at radius 2 is 1.57 bits per heavy atom. The highest BCUT2D eigenvalue weighted by atomic mass is 32.1. The minimum absolute atomic E-state index is 0.0775. The maximum Gasteiger partial charge on any atom is 0.230 e. The summed E-state index contributed by atoms with van der Waals surface area (Å²) < 4.78 is 77.4. The van der Waals surface area contributed by atoms with E-state index in [1.807, 2.05) is 0 Å². The Hall–Kier alpha value is -3.21. The fourth-order valence-electron chi connectivity index (χ4n) is 2.59. The molecule has 3 aromatic rings. The van der Waals surface area contributed by atoms with Gasteiger partial charge >= 0.3 is 0 Å². The third-order valence-electron chi connectivity index (χ3n) is 4.07. The van der Waals surface area contributed by atoms with E-state index in [1.54, 1.807) is 23.6 Å². The molecule has 1 heterocycles. The first-order chi connectivity index (χ1) is 14.3. The predicted octanol–water partition coefficient (Wildman–Crippen LogP) is 4.70. The van der Waals surface area contributed by atoms with E-state index in [1.165, 1.54) is 14.2 Å². The lowest BCUT2D eigenvalue weighted by Gasteiger charge is -2.08. The Balaban J connectivity index is 1.78. The van der Waals surface area contributed by atoms with Crippen LogP contribution in [0.3, 0.4) is 0 Å². The number of nitrogens with zero attached hydrogens (tertiary/aromatic N) is 1. The molecule has 2 aromatic carbocycles. The first-order valence-corrected chi connectivity index (χ1v) is 9.12. The van der Waals surface area contributed by atoms with Crippen molar-refractivity contribution in [1.82, 2.24) is 4.98 Å². The van der Waals surface area contributed by atoms with E-state index in [0.717, 1.165) is 11.3 Å². The van der Waals surface area contributed by atoms with Gasteiger partial charge in [0.05, 0.1) is 26.3 Å². The molecule has 5 nitrogen and oxygen atoms in total. The smallest absolute Gasteiger partial charge is 0.230 e. The highest BCUT2D eigenvalue weighted by Gasteiger charge is 2.27. The van der Waals surface area contributed by atoms with E-state index < -0.39 is 47.0 Å². The Labute approximate surface area is 171 Å². The normalized spacial score (nSPS) is 10.8. The first kappa shape index (κ1) is 21.5. The lowest BCUT2D eigenvalue weighted by atomic mass is 10.1. The molecule has 0 aliphatic carbocycles. The summed E-state index contributed by atoms with van der Waals surface area (Å²) in [6, 6.07) is 5.03. The van der Waals surface area contributed by atoms with Gasteiger partial charge in [-0.15, -0.1) is 11.3 Å². The van der Waals surface area contributed by atoms with Crippen LogP contribution in [0.15, 0.2) is 23.6 Å². The molecule has 0 aliphatic rings. The molecule has 11 heteroatoms. The maximum atomic E-state index is 13.7. The lowest BCUT2D eigenvalue weighted by molar-refractivity contribution is -0.115. The zero-order valence-electron chi connectivity index (χ0n) is 15.5. The molecule has 0 saturated heterocycles. The number of nitrogens with one attached hydrogen (secondary N) is 1. The molecule has 0 fully saturated rings. The third-order valence-corrected chi connectivity index (χ3v) is 4.83. The van der Waals surface area contributed by atoms with Crippen molar-refractivity contribution in [1.29, 1.82) is 0 Å². The van der Waals surface area contributed by atoms with Crippen molar-refractivity contribution >= 4 is 22.4 Å². The van der Waals surface area contributed by atoms with Crippen LogP contribution in [0.4, 0.5) is 27.1 Å². The standard InChI is InChI=1S/C19H13F5N2O3S/c1-28-11-4-3-8(5-12(11)29-2)10-7-30-19(25-10)26-13(27)6-9-14(20)16(22)18(24)17(23)15(9)21/h3-5,7H,6H2,1-2H3,(H,25,26,27). The second-order valence-corrected chi connectivity index (χ2v) is 6.74. The molecule has 3 rings (SSSR count). The minimum atomic E-state index is -2.28. The molecule has 0 atom stereocenters. The van der Waals surface area contributed by atoms with E-state index in [9.17, 15) is 26.7 Å². The quantitative estimate of drug-likeness (QED) is 0.340. The van der Waals surface area contributed by atoms with Crippen molar-refractivity contribution in [3.8, 4) is 22.8 Å². The van der Waals surface area contributed by atoms with Gasteiger partial charge in [-0.25, -0.2) is 26.9 Å². The Morgan fingerprint density at radius 3 is 2.17 bits per heavy atom. The number of hydrogen-bond acceptors (Lipinski definition) is 5. The zero-order valence-corrected chi connectivity index (χ0v) is 16.3. The SMILES string of the molecule is COc1ccc(-c2csc(NC(=O)Cc3c(F)c(F)c(F)c(F)c3F)n2)cc1OC. The number of hydrogen-bond donors (Lipinski definition) is 1. The second kappa shape index (κ2) is 8.66. The van der Waals surface area contributed by atoms with Crippen LogP contribution in [0.25, 0.3) is 11.3 Å². The molecular formula is C19H13F5N2O3S. The predicted molar refractivity (Wildman–Crippen MR) is 99.2 cm³/mol. The van der Waals surface area contributed by atoms with E-state index in [0.29, 0.717) is 22.8 Å². The highest BCUT2D eigenvalue weighted by Crippen LogP contribution is 2.33. The minimum Gasteiger partial charge on any atom is -0.493 e. The summed E-state index contributed by atoms with van der Waals surface area (Å²) in [5.41, 5.74) is -0.114. The van der Waals surface area contributed by atoms with Crippen molar-refractivity contribution in [3.05, 3.63) is 58.2 Å². The van der Waals surface area contributed by atoms with Gasteiger partial charge in [-0.3, -0.25) is 4.79 Å². The molecule has 0 unspecified atom stereocenters. The van der Waals surface area contributed by atoms with Crippen LogP contribution in [0.5, 0.6) is 11.5 Å². The van der Waals surface area contributed by atoms with Gasteiger partial charge in [0.25, 0.3) is 0 Å². The molecule has 158 valence electrons. The van der Waals surface area contributed by atoms with Crippen molar-refractivity contribution in [3.63, 3.8) is 0 Å². The Morgan fingerprint density at radius 1 is 0.967 bits per heavy atom. The number of carbonyl (C=O) groups is 1. The number of halogens is 5. The number of aromatic nitrogens is 1. The van der Waals surface area contributed by atoms with Crippen LogP contribution in [-0.2, 0) is 11.2 Å². The van der Waals surface area contributed by atoms with Crippen LogP contribution >= 0.6 is 11.3 Å². The Bertz CT molecular complexity index is 1090. The number of benzene rings is 2. The molecular weight excluding hydrogens is 431 g/mol. The number of amides is 1. The molecule has 0 spiro atoms. The van der Waals surface area contributed by atoms with Gasteiger partial charge in [0.15, 0.2) is 39.9 Å². The molecule has 1 aromatic heterocycles. The fraction of sp³-hybridized carbons (Fsp3) is 0.158. The number of anilines is 1. The molecule has 0 saturated carbocycles. The highest BCUT2D eigenvalue weighted by molar-refractivity contribution is 7.14. The van der Waals surface area contributed by atoms with Gasteiger partial charge in [0, 0.05) is 16.5 Å². The molecule has 30 heavy (non-hydrogen) atoms. The summed E-state index contributed by atoms with van der Waals surface area (Å²) >= 11 is 1.01. The summed E-state index contributed by atoms with van der Waals surface area (Å²) in [6.45, 7) is 0. The van der Waals surface area contributed by atoms with Crippen LogP contribution in [-0.4, -0.2) is 25.1 Å². The van der Waals surface area contributed by atoms with Gasteiger partial charge in [-0.1, -0.05) is 0 Å². The second-order valence-electron chi connectivity index (χ2n) is 5.88. The van der Waals surface area contributed by atoms with E-state index in [4.69, 9.17) is 9.47 Å². The first-order valence-electron chi connectivity index (χ1n) is 8.24. The Kier molecular flexibility index (Phi) is 6.20. The summed E-state index contributed by atoms with van der Waals surface area (Å²) in [5.74, 6) is -10.6. The van der Waals surface area contributed by atoms with Crippen LogP contribution in [0, 0.1) is 29.1 Å². The van der Waals surface area contributed by atoms with Gasteiger partial charge in [-0.05, 0) is 18.2 Å².